The van der Waals surface area contributed by atoms with Gasteiger partial charge in [0.05, 0.1) is 18.2 Å². The molecule has 0 bridgehead atoms. The van der Waals surface area contributed by atoms with Crippen LogP contribution in [0.4, 0.5) is 0 Å². The van der Waals surface area contributed by atoms with Gasteiger partial charge in [-0.2, -0.15) is 0 Å². The summed E-state index contributed by atoms with van der Waals surface area (Å²) in [6.07, 6.45) is 3.57. The minimum atomic E-state index is -0.659. The lowest BCUT2D eigenvalue weighted by Crippen LogP contribution is -2.46. The van der Waals surface area contributed by atoms with Gasteiger partial charge in [-0.15, -0.1) is 0 Å². The van der Waals surface area contributed by atoms with E-state index in [0.717, 1.165) is 25.7 Å². The molecule has 0 atom stereocenters. The summed E-state index contributed by atoms with van der Waals surface area (Å²) >= 11 is 0. The molecular formula is C14H27NO3. The summed E-state index contributed by atoms with van der Waals surface area (Å²) in [5.74, 6) is -0.260. The van der Waals surface area contributed by atoms with Gasteiger partial charge >= 0.3 is 5.97 Å². The number of hydrogen-bond donors (Lipinski definition) is 2. The molecule has 0 aromatic heterocycles. The second-order valence-corrected chi connectivity index (χ2v) is 6.53. The van der Waals surface area contributed by atoms with Crippen molar-refractivity contribution in [3.8, 4) is 0 Å². The Balaban J connectivity index is 2.25. The average molecular weight is 257 g/mol. The van der Waals surface area contributed by atoms with Gasteiger partial charge in [-0.1, -0.05) is 13.8 Å². The summed E-state index contributed by atoms with van der Waals surface area (Å²) in [4.78, 5) is 11.3. The molecule has 2 N–H and O–H groups in total. The molecule has 0 aromatic rings. The molecule has 0 radical (unpaired) electrons. The molecular weight excluding hydrogens is 230 g/mol. The largest absolute Gasteiger partial charge is 0.462 e. The second-order valence-electron chi connectivity index (χ2n) is 6.53. The van der Waals surface area contributed by atoms with Crippen LogP contribution in [0.2, 0.25) is 0 Å². The molecule has 0 aromatic carbocycles. The lowest BCUT2D eigenvalue weighted by atomic mass is 9.71. The van der Waals surface area contributed by atoms with Crippen LogP contribution in [0.5, 0.6) is 0 Å². The number of nitrogens with one attached hydrogen (secondary N) is 1. The van der Waals surface area contributed by atoms with Gasteiger partial charge in [0, 0.05) is 6.54 Å². The maximum atomic E-state index is 11.3. The summed E-state index contributed by atoms with van der Waals surface area (Å²) in [7, 11) is 0. The molecule has 0 aliphatic heterocycles. The number of ether oxygens (including phenoxy) is 1. The fraction of sp³-hybridized carbons (Fsp3) is 0.929. The van der Waals surface area contributed by atoms with E-state index in [9.17, 15) is 9.90 Å². The lowest BCUT2D eigenvalue weighted by molar-refractivity contribution is -0.146. The maximum absolute atomic E-state index is 11.3. The number of aliphatic hydroxyl groups is 1. The first kappa shape index (κ1) is 15.4. The highest BCUT2D eigenvalue weighted by atomic mass is 16.5. The molecule has 1 aliphatic rings. The summed E-state index contributed by atoms with van der Waals surface area (Å²) in [6.45, 7) is 8.77. The zero-order valence-electron chi connectivity index (χ0n) is 12.1. The minimum absolute atomic E-state index is 0.0853. The number of hydrogen-bond acceptors (Lipinski definition) is 4. The van der Waals surface area contributed by atoms with Crippen LogP contribution in [0.3, 0.4) is 0 Å². The zero-order valence-corrected chi connectivity index (χ0v) is 12.1. The Labute approximate surface area is 110 Å². The Hall–Kier alpha value is -0.610. The Morgan fingerprint density at radius 1 is 1.28 bits per heavy atom. The van der Waals surface area contributed by atoms with Crippen LogP contribution in [0.15, 0.2) is 0 Å². The van der Waals surface area contributed by atoms with Crippen molar-refractivity contribution in [2.45, 2.75) is 65.1 Å². The van der Waals surface area contributed by atoms with E-state index in [1.165, 1.54) is 0 Å². The fourth-order valence-corrected chi connectivity index (χ4v) is 2.27. The van der Waals surface area contributed by atoms with Crippen molar-refractivity contribution >= 4 is 5.97 Å². The van der Waals surface area contributed by atoms with Gasteiger partial charge in [-0.05, 0) is 44.9 Å². The van der Waals surface area contributed by atoms with Crippen LogP contribution in [-0.4, -0.2) is 35.9 Å². The highest BCUT2D eigenvalue weighted by molar-refractivity contribution is 5.71. The molecule has 4 nitrogen and oxygen atoms in total. The lowest BCUT2D eigenvalue weighted by Gasteiger charge is -2.40. The van der Waals surface area contributed by atoms with E-state index in [-0.39, 0.29) is 18.6 Å². The molecule has 1 aliphatic carbocycles. The van der Waals surface area contributed by atoms with Gasteiger partial charge in [0.2, 0.25) is 0 Å². The molecule has 0 unspecified atom stereocenters. The fourth-order valence-electron chi connectivity index (χ4n) is 2.27. The highest BCUT2D eigenvalue weighted by Crippen LogP contribution is 2.39. The molecule has 0 saturated heterocycles. The zero-order chi connectivity index (χ0) is 13.8. The molecule has 1 fully saturated rings. The summed E-state index contributed by atoms with van der Waals surface area (Å²) in [5, 5.41) is 13.4. The second kappa shape index (κ2) is 6.02. The average Bonchev–Trinajstić information content (AvgIpc) is 2.22. The van der Waals surface area contributed by atoms with Crippen LogP contribution >= 0.6 is 0 Å². The highest BCUT2D eigenvalue weighted by Gasteiger charge is 2.36. The van der Waals surface area contributed by atoms with Gasteiger partial charge in [-0.3, -0.25) is 4.79 Å². The van der Waals surface area contributed by atoms with Crippen molar-refractivity contribution in [3.63, 3.8) is 0 Å². The number of esters is 1. The third-order valence-electron chi connectivity index (χ3n) is 3.62. The van der Waals surface area contributed by atoms with Crippen molar-refractivity contribution in [2.24, 2.45) is 5.41 Å². The number of rotatable bonds is 5. The Bertz CT molecular complexity index is 277. The summed E-state index contributed by atoms with van der Waals surface area (Å²) in [6, 6.07) is 0. The van der Waals surface area contributed by atoms with Crippen molar-refractivity contribution in [3.05, 3.63) is 0 Å². The predicted molar refractivity (Wildman–Crippen MR) is 71.3 cm³/mol. The Morgan fingerprint density at radius 3 is 2.33 bits per heavy atom. The van der Waals surface area contributed by atoms with E-state index >= 15 is 0 Å². The van der Waals surface area contributed by atoms with Crippen molar-refractivity contribution in [2.75, 3.05) is 13.1 Å². The van der Waals surface area contributed by atoms with Crippen LogP contribution < -0.4 is 5.32 Å². The monoisotopic (exact) mass is 257 g/mol. The molecule has 1 rings (SSSR count). The SMILES string of the molecule is CC(C)OC(=O)CNCC1(O)CCC(C)(C)CC1. The first-order valence-corrected chi connectivity index (χ1v) is 6.85. The van der Waals surface area contributed by atoms with E-state index in [1.807, 2.05) is 13.8 Å². The van der Waals surface area contributed by atoms with E-state index < -0.39 is 5.60 Å². The van der Waals surface area contributed by atoms with Crippen LogP contribution in [-0.2, 0) is 9.53 Å². The van der Waals surface area contributed by atoms with Gasteiger partial charge in [0.25, 0.3) is 0 Å². The maximum Gasteiger partial charge on any atom is 0.320 e. The normalized spacial score (nSPS) is 21.9. The third kappa shape index (κ3) is 5.36. The summed E-state index contributed by atoms with van der Waals surface area (Å²) < 4.78 is 5.02. The van der Waals surface area contributed by atoms with Crippen LogP contribution in [0.25, 0.3) is 0 Å². The van der Waals surface area contributed by atoms with Crippen molar-refractivity contribution in [1.82, 2.24) is 5.32 Å². The number of carbonyl (C=O) groups excluding carboxylic acids is 1. The Morgan fingerprint density at radius 2 is 1.83 bits per heavy atom. The molecule has 106 valence electrons. The molecule has 4 heteroatoms. The quantitative estimate of drug-likeness (QED) is 0.738. The van der Waals surface area contributed by atoms with Gasteiger partial charge in [0.1, 0.15) is 0 Å². The van der Waals surface area contributed by atoms with E-state index in [2.05, 4.69) is 19.2 Å². The van der Waals surface area contributed by atoms with E-state index in [0.29, 0.717) is 12.0 Å². The van der Waals surface area contributed by atoms with Crippen LogP contribution in [0, 0.1) is 5.41 Å². The molecule has 0 spiro atoms. The van der Waals surface area contributed by atoms with Gasteiger partial charge < -0.3 is 15.2 Å². The first-order chi connectivity index (χ1) is 8.22. The molecule has 0 heterocycles. The van der Waals surface area contributed by atoms with E-state index in [4.69, 9.17) is 4.74 Å². The third-order valence-corrected chi connectivity index (χ3v) is 3.62. The topological polar surface area (TPSA) is 58.6 Å². The molecule has 18 heavy (non-hydrogen) atoms. The Kier molecular flexibility index (Phi) is 5.17. The van der Waals surface area contributed by atoms with Crippen LogP contribution in [0.1, 0.15) is 53.4 Å². The predicted octanol–water partition coefficient (Wildman–Crippen LogP) is 1.86. The van der Waals surface area contributed by atoms with Crippen molar-refractivity contribution in [1.29, 1.82) is 0 Å². The molecule has 0 amide bonds. The summed E-state index contributed by atoms with van der Waals surface area (Å²) in [5.41, 5.74) is -0.323. The first-order valence-electron chi connectivity index (χ1n) is 6.85. The molecule has 1 saturated carbocycles. The van der Waals surface area contributed by atoms with Gasteiger partial charge in [0.15, 0.2) is 0 Å². The minimum Gasteiger partial charge on any atom is -0.462 e. The van der Waals surface area contributed by atoms with Crippen molar-refractivity contribution < 1.29 is 14.6 Å². The van der Waals surface area contributed by atoms with Gasteiger partial charge in [-0.25, -0.2) is 0 Å². The number of carbonyl (C=O) groups is 1. The van der Waals surface area contributed by atoms with E-state index in [1.54, 1.807) is 0 Å². The standard InChI is InChI=1S/C14H27NO3/c1-11(2)18-12(16)9-15-10-14(17)7-5-13(3,4)6-8-14/h11,15,17H,5-10H2,1-4H3. The smallest absolute Gasteiger partial charge is 0.320 e.